The maximum atomic E-state index is 13.5. The van der Waals surface area contributed by atoms with Crippen LogP contribution in [0.15, 0.2) is 60.8 Å². The normalized spacial score (nSPS) is 12.3. The molecule has 0 radical (unpaired) electrons. The summed E-state index contributed by atoms with van der Waals surface area (Å²) in [6, 6.07) is 17.4. The summed E-state index contributed by atoms with van der Waals surface area (Å²) in [7, 11) is 2.05. The monoisotopic (exact) mass is 387 g/mol. The van der Waals surface area contributed by atoms with Crippen molar-refractivity contribution in [2.45, 2.75) is 33.2 Å². The number of aromatic nitrogens is 2. The van der Waals surface area contributed by atoms with Gasteiger partial charge in [0.25, 0.3) is 0 Å². The Labute approximate surface area is 171 Å². The number of halogens is 1. The third-order valence-corrected chi connectivity index (χ3v) is 5.83. The summed E-state index contributed by atoms with van der Waals surface area (Å²) in [6.45, 7) is 6.33. The number of benzene rings is 2. The fourth-order valence-corrected chi connectivity index (χ4v) is 3.88. The number of pyridine rings is 1. The number of hydrogen-bond acceptors (Lipinski definition) is 2. The van der Waals surface area contributed by atoms with Crippen LogP contribution in [0, 0.1) is 26.6 Å². The predicted molar refractivity (Wildman–Crippen MR) is 118 cm³/mol. The molecule has 4 heteroatoms. The molecule has 0 saturated heterocycles. The quantitative estimate of drug-likeness (QED) is 0.452. The van der Waals surface area contributed by atoms with Crippen LogP contribution in [0.2, 0.25) is 0 Å². The molecule has 1 unspecified atom stereocenters. The van der Waals surface area contributed by atoms with Gasteiger partial charge in [-0.05, 0) is 68.7 Å². The summed E-state index contributed by atoms with van der Waals surface area (Å²) in [5.41, 5.74) is 7.94. The number of rotatable bonds is 5. The van der Waals surface area contributed by atoms with Crippen molar-refractivity contribution in [3.8, 4) is 0 Å². The Kier molecular flexibility index (Phi) is 5.10. The highest BCUT2D eigenvalue weighted by Gasteiger charge is 2.23. The first-order chi connectivity index (χ1) is 13.9. The number of anilines is 1. The van der Waals surface area contributed by atoms with Crippen molar-refractivity contribution in [3.63, 3.8) is 0 Å². The molecule has 1 N–H and O–H groups in total. The predicted octanol–water partition coefficient (Wildman–Crippen LogP) is 6.05. The molecule has 0 aliphatic heterocycles. The van der Waals surface area contributed by atoms with Gasteiger partial charge in [0, 0.05) is 30.0 Å². The van der Waals surface area contributed by atoms with E-state index in [1.165, 1.54) is 34.2 Å². The average Bonchev–Trinajstić information content (AvgIpc) is 3.02. The van der Waals surface area contributed by atoms with E-state index < -0.39 is 0 Å². The van der Waals surface area contributed by atoms with Gasteiger partial charge in [-0.2, -0.15) is 0 Å². The molecule has 4 aromatic rings. The number of nitrogens with zero attached hydrogens (tertiary/aromatic N) is 2. The first-order valence-corrected chi connectivity index (χ1v) is 9.92. The third-order valence-electron chi connectivity index (χ3n) is 5.83. The summed E-state index contributed by atoms with van der Waals surface area (Å²) in [5, 5.41) is 1.20. The van der Waals surface area contributed by atoms with Gasteiger partial charge in [-0.15, -0.1) is 0 Å². The highest BCUT2D eigenvalue weighted by Crippen LogP contribution is 2.33. The number of aromatic amines is 1. The maximum Gasteiger partial charge on any atom is 0.123 e. The zero-order chi connectivity index (χ0) is 20.5. The molecule has 0 saturated carbocycles. The highest BCUT2D eigenvalue weighted by molar-refractivity contribution is 5.86. The number of hydrogen-bond donors (Lipinski definition) is 1. The van der Waals surface area contributed by atoms with E-state index in [0.717, 1.165) is 29.0 Å². The number of nitrogens with one attached hydrogen (secondary N) is 1. The van der Waals surface area contributed by atoms with Crippen LogP contribution in [-0.4, -0.2) is 17.0 Å². The topological polar surface area (TPSA) is 31.9 Å². The molecular weight excluding hydrogens is 361 g/mol. The molecule has 0 spiro atoms. The third kappa shape index (κ3) is 3.75. The minimum atomic E-state index is -0.229. The van der Waals surface area contributed by atoms with Crippen molar-refractivity contribution in [1.29, 1.82) is 0 Å². The van der Waals surface area contributed by atoms with Gasteiger partial charge in [-0.3, -0.25) is 4.98 Å². The summed E-state index contributed by atoms with van der Waals surface area (Å²) >= 11 is 0. The second-order valence-electron chi connectivity index (χ2n) is 7.79. The standard InChI is InChI=1S/C25H26FN3/c1-16-5-7-19(8-6-16)15-23(29(4)21-11-9-20(26)10-12-21)25-24-22(13-14-27-25)17(2)18(3)28-24/h5-14,23,28H,15H2,1-4H3. The first-order valence-electron chi connectivity index (χ1n) is 9.92. The van der Waals surface area contributed by atoms with E-state index >= 15 is 0 Å². The van der Waals surface area contributed by atoms with Gasteiger partial charge in [-0.25, -0.2) is 4.39 Å². The minimum absolute atomic E-state index is 0.00400. The Bertz CT molecular complexity index is 1130. The highest BCUT2D eigenvalue weighted by atomic mass is 19.1. The molecule has 2 heterocycles. The van der Waals surface area contributed by atoms with Crippen molar-refractivity contribution < 1.29 is 4.39 Å². The summed E-state index contributed by atoms with van der Waals surface area (Å²) in [4.78, 5) is 10.5. The minimum Gasteiger partial charge on any atom is -0.366 e. The smallest absolute Gasteiger partial charge is 0.123 e. The lowest BCUT2D eigenvalue weighted by Crippen LogP contribution is -2.27. The number of aryl methyl sites for hydroxylation is 3. The van der Waals surface area contributed by atoms with Crippen LogP contribution in [0.5, 0.6) is 0 Å². The maximum absolute atomic E-state index is 13.5. The molecule has 29 heavy (non-hydrogen) atoms. The van der Waals surface area contributed by atoms with Crippen LogP contribution in [0.25, 0.3) is 10.9 Å². The number of H-pyrrole nitrogens is 1. The van der Waals surface area contributed by atoms with Crippen LogP contribution in [0.1, 0.15) is 34.1 Å². The van der Waals surface area contributed by atoms with Gasteiger partial charge in [0.1, 0.15) is 5.82 Å². The second-order valence-corrected chi connectivity index (χ2v) is 7.79. The van der Waals surface area contributed by atoms with E-state index in [4.69, 9.17) is 4.98 Å². The van der Waals surface area contributed by atoms with Gasteiger partial charge in [0.2, 0.25) is 0 Å². The molecule has 0 fully saturated rings. The first kappa shape index (κ1) is 19.2. The van der Waals surface area contributed by atoms with Gasteiger partial charge >= 0.3 is 0 Å². The van der Waals surface area contributed by atoms with Gasteiger partial charge in [-0.1, -0.05) is 29.8 Å². The number of likely N-dealkylation sites (N-methyl/N-ethyl adjacent to an activating group) is 1. The van der Waals surface area contributed by atoms with E-state index in [9.17, 15) is 4.39 Å². The Morgan fingerprint density at radius 1 is 0.966 bits per heavy atom. The molecule has 148 valence electrons. The van der Waals surface area contributed by atoms with Crippen molar-refractivity contribution in [3.05, 3.63) is 94.7 Å². The van der Waals surface area contributed by atoms with E-state index in [1.807, 2.05) is 18.3 Å². The molecule has 4 rings (SSSR count). The Morgan fingerprint density at radius 2 is 1.66 bits per heavy atom. The number of fused-ring (bicyclic) bond motifs is 1. The Hall–Kier alpha value is -3.14. The molecule has 2 aromatic carbocycles. The van der Waals surface area contributed by atoms with Gasteiger partial charge in [0.05, 0.1) is 17.3 Å². The van der Waals surface area contributed by atoms with E-state index in [1.54, 1.807) is 0 Å². The molecule has 3 nitrogen and oxygen atoms in total. The lowest BCUT2D eigenvalue weighted by molar-refractivity contribution is 0.624. The molecule has 0 amide bonds. The van der Waals surface area contributed by atoms with Crippen molar-refractivity contribution in [2.75, 3.05) is 11.9 Å². The largest absolute Gasteiger partial charge is 0.366 e. The SMILES string of the molecule is Cc1ccc(CC(c2nccc3c(C)c(C)[nH]c23)N(C)c2ccc(F)cc2)cc1. The van der Waals surface area contributed by atoms with Crippen molar-refractivity contribution in [2.24, 2.45) is 0 Å². The molecule has 0 bridgehead atoms. The fraction of sp³-hybridized carbons (Fsp3) is 0.240. The van der Waals surface area contributed by atoms with Crippen LogP contribution in [-0.2, 0) is 6.42 Å². The van der Waals surface area contributed by atoms with Crippen molar-refractivity contribution >= 4 is 16.6 Å². The zero-order valence-electron chi connectivity index (χ0n) is 17.3. The summed E-state index contributed by atoms with van der Waals surface area (Å²) < 4.78 is 13.5. The van der Waals surface area contributed by atoms with Crippen LogP contribution in [0.3, 0.4) is 0 Å². The molecule has 1 atom stereocenters. The molecule has 0 aliphatic rings. The Morgan fingerprint density at radius 3 is 2.34 bits per heavy atom. The molecule has 0 aliphatic carbocycles. The average molecular weight is 388 g/mol. The lowest BCUT2D eigenvalue weighted by atomic mass is 9.98. The van der Waals surface area contributed by atoms with Crippen LogP contribution >= 0.6 is 0 Å². The Balaban J connectivity index is 1.82. The van der Waals surface area contributed by atoms with Crippen LogP contribution < -0.4 is 4.90 Å². The zero-order valence-corrected chi connectivity index (χ0v) is 17.3. The van der Waals surface area contributed by atoms with Crippen LogP contribution in [0.4, 0.5) is 10.1 Å². The van der Waals surface area contributed by atoms with Gasteiger partial charge in [0.15, 0.2) is 0 Å². The summed E-state index contributed by atoms with van der Waals surface area (Å²) in [5.74, 6) is -0.229. The molecule has 2 aromatic heterocycles. The fourth-order valence-electron chi connectivity index (χ4n) is 3.88. The second kappa shape index (κ2) is 7.70. The van der Waals surface area contributed by atoms with E-state index in [0.29, 0.717) is 0 Å². The van der Waals surface area contributed by atoms with E-state index in [-0.39, 0.29) is 11.9 Å². The van der Waals surface area contributed by atoms with Crippen molar-refractivity contribution in [1.82, 2.24) is 9.97 Å². The van der Waals surface area contributed by atoms with E-state index in [2.05, 4.69) is 68.0 Å². The summed E-state index contributed by atoms with van der Waals surface area (Å²) in [6.07, 6.45) is 2.69. The van der Waals surface area contributed by atoms with Gasteiger partial charge < -0.3 is 9.88 Å². The lowest BCUT2D eigenvalue weighted by Gasteiger charge is -2.30. The molecular formula is C25H26FN3.